The molecule has 0 radical (unpaired) electrons. The van der Waals surface area contributed by atoms with E-state index in [9.17, 15) is 9.59 Å². The van der Waals surface area contributed by atoms with Crippen LogP contribution in [-0.4, -0.2) is 10.9 Å². The first-order valence-electron chi connectivity index (χ1n) is 7.00. The SMILES string of the molecule is O=C(Nc1ccccc1Br)c1ccc(-c2ccccc2)[nH]c1=O. The van der Waals surface area contributed by atoms with E-state index in [1.165, 1.54) is 6.07 Å². The van der Waals surface area contributed by atoms with Gasteiger partial charge in [-0.25, -0.2) is 0 Å². The molecule has 1 heterocycles. The largest absolute Gasteiger partial charge is 0.321 e. The number of aromatic nitrogens is 1. The Balaban J connectivity index is 1.88. The third-order valence-electron chi connectivity index (χ3n) is 3.36. The minimum atomic E-state index is -0.447. The van der Waals surface area contributed by atoms with Crippen LogP contribution >= 0.6 is 15.9 Å². The molecule has 0 fully saturated rings. The van der Waals surface area contributed by atoms with Crippen molar-refractivity contribution in [3.05, 3.63) is 87.1 Å². The second kappa shape index (κ2) is 6.62. The molecule has 0 unspecified atom stereocenters. The van der Waals surface area contributed by atoms with Crippen LogP contribution in [0.15, 0.2) is 76.0 Å². The number of amides is 1. The van der Waals surface area contributed by atoms with Crippen molar-refractivity contribution in [1.29, 1.82) is 0 Å². The summed E-state index contributed by atoms with van der Waals surface area (Å²) in [4.78, 5) is 27.2. The fraction of sp³-hybridized carbons (Fsp3) is 0. The lowest BCUT2D eigenvalue weighted by Gasteiger charge is -2.07. The van der Waals surface area contributed by atoms with Crippen molar-refractivity contribution in [1.82, 2.24) is 4.98 Å². The molecule has 1 amide bonds. The lowest BCUT2D eigenvalue weighted by Crippen LogP contribution is -2.23. The Bertz CT molecular complexity index is 904. The van der Waals surface area contributed by atoms with Gasteiger partial charge in [-0.1, -0.05) is 42.5 Å². The summed E-state index contributed by atoms with van der Waals surface area (Å²) in [5, 5.41) is 2.72. The third kappa shape index (κ3) is 3.40. The number of aromatic amines is 1. The van der Waals surface area contributed by atoms with Crippen molar-refractivity contribution < 1.29 is 4.79 Å². The van der Waals surface area contributed by atoms with E-state index in [2.05, 4.69) is 26.2 Å². The van der Waals surface area contributed by atoms with E-state index in [-0.39, 0.29) is 5.56 Å². The molecule has 3 rings (SSSR count). The van der Waals surface area contributed by atoms with Gasteiger partial charge < -0.3 is 10.3 Å². The number of hydrogen-bond donors (Lipinski definition) is 2. The average Bonchev–Trinajstić information content (AvgIpc) is 2.57. The number of benzene rings is 2. The van der Waals surface area contributed by atoms with Gasteiger partial charge in [-0.05, 0) is 45.8 Å². The molecule has 0 saturated heterocycles. The predicted molar refractivity (Wildman–Crippen MR) is 94.6 cm³/mol. The number of carbonyl (C=O) groups excluding carboxylic acids is 1. The van der Waals surface area contributed by atoms with Gasteiger partial charge in [0, 0.05) is 10.2 Å². The van der Waals surface area contributed by atoms with Crippen LogP contribution in [0.1, 0.15) is 10.4 Å². The van der Waals surface area contributed by atoms with E-state index in [1.54, 1.807) is 12.1 Å². The van der Waals surface area contributed by atoms with E-state index in [4.69, 9.17) is 0 Å². The number of carbonyl (C=O) groups is 1. The van der Waals surface area contributed by atoms with Gasteiger partial charge >= 0.3 is 0 Å². The molecule has 2 aromatic carbocycles. The Morgan fingerprint density at radius 1 is 0.913 bits per heavy atom. The summed E-state index contributed by atoms with van der Waals surface area (Å²) in [6.07, 6.45) is 0. The van der Waals surface area contributed by atoms with Crippen LogP contribution < -0.4 is 10.9 Å². The second-order valence-corrected chi connectivity index (χ2v) is 5.77. The molecule has 3 aromatic rings. The van der Waals surface area contributed by atoms with Gasteiger partial charge in [0.15, 0.2) is 0 Å². The number of halogens is 1. The highest BCUT2D eigenvalue weighted by molar-refractivity contribution is 9.10. The molecule has 0 aliphatic rings. The predicted octanol–water partition coefficient (Wildman–Crippen LogP) is 4.06. The van der Waals surface area contributed by atoms with Crippen LogP contribution in [0.5, 0.6) is 0 Å². The topological polar surface area (TPSA) is 62.0 Å². The van der Waals surface area contributed by atoms with E-state index in [0.717, 1.165) is 10.0 Å². The highest BCUT2D eigenvalue weighted by Crippen LogP contribution is 2.21. The summed E-state index contributed by atoms with van der Waals surface area (Å²) in [6.45, 7) is 0. The minimum Gasteiger partial charge on any atom is -0.321 e. The minimum absolute atomic E-state index is 0.0698. The number of hydrogen-bond acceptors (Lipinski definition) is 2. The molecule has 2 N–H and O–H groups in total. The molecule has 0 aliphatic carbocycles. The smallest absolute Gasteiger partial charge is 0.261 e. The van der Waals surface area contributed by atoms with Crippen molar-refractivity contribution in [2.75, 3.05) is 5.32 Å². The van der Waals surface area contributed by atoms with Gasteiger partial charge in [-0.2, -0.15) is 0 Å². The van der Waals surface area contributed by atoms with Crippen molar-refractivity contribution in [3.63, 3.8) is 0 Å². The molecule has 114 valence electrons. The van der Waals surface area contributed by atoms with Crippen LogP contribution in [-0.2, 0) is 0 Å². The number of H-pyrrole nitrogens is 1. The van der Waals surface area contributed by atoms with Gasteiger partial charge in [0.1, 0.15) is 5.56 Å². The normalized spacial score (nSPS) is 10.3. The first-order chi connectivity index (χ1) is 11.1. The quantitative estimate of drug-likeness (QED) is 0.732. The Labute approximate surface area is 141 Å². The summed E-state index contributed by atoms with van der Waals surface area (Å²) >= 11 is 3.36. The Kier molecular flexibility index (Phi) is 4.39. The molecule has 0 bridgehead atoms. The fourth-order valence-electron chi connectivity index (χ4n) is 2.19. The molecule has 0 atom stereocenters. The van der Waals surface area contributed by atoms with E-state index in [0.29, 0.717) is 11.4 Å². The first-order valence-corrected chi connectivity index (χ1v) is 7.79. The second-order valence-electron chi connectivity index (χ2n) is 4.91. The number of rotatable bonds is 3. The number of anilines is 1. The van der Waals surface area contributed by atoms with Crippen molar-refractivity contribution in [2.45, 2.75) is 0 Å². The molecular formula is C18H13BrN2O2. The molecule has 1 aromatic heterocycles. The van der Waals surface area contributed by atoms with Crippen molar-refractivity contribution >= 4 is 27.5 Å². The van der Waals surface area contributed by atoms with Gasteiger partial charge in [-0.3, -0.25) is 9.59 Å². The monoisotopic (exact) mass is 368 g/mol. The third-order valence-corrected chi connectivity index (χ3v) is 4.05. The zero-order chi connectivity index (χ0) is 16.2. The zero-order valence-corrected chi connectivity index (χ0v) is 13.6. The molecule has 23 heavy (non-hydrogen) atoms. The average molecular weight is 369 g/mol. The van der Waals surface area contributed by atoms with Crippen LogP contribution in [0.2, 0.25) is 0 Å². The van der Waals surface area contributed by atoms with Gasteiger partial charge in [0.25, 0.3) is 11.5 Å². The molecule has 0 aliphatic heterocycles. The molecular weight excluding hydrogens is 356 g/mol. The van der Waals surface area contributed by atoms with Gasteiger partial charge in [0.2, 0.25) is 0 Å². The van der Waals surface area contributed by atoms with Gasteiger partial charge in [0.05, 0.1) is 5.69 Å². The maximum absolute atomic E-state index is 12.3. The molecule has 5 heteroatoms. The van der Waals surface area contributed by atoms with E-state index >= 15 is 0 Å². The summed E-state index contributed by atoms with van der Waals surface area (Å²) in [5.41, 5.74) is 1.83. The summed E-state index contributed by atoms with van der Waals surface area (Å²) < 4.78 is 0.755. The van der Waals surface area contributed by atoms with Crippen molar-refractivity contribution in [2.24, 2.45) is 0 Å². The Morgan fingerprint density at radius 3 is 2.30 bits per heavy atom. The van der Waals surface area contributed by atoms with Crippen LogP contribution in [0.4, 0.5) is 5.69 Å². The summed E-state index contributed by atoms with van der Waals surface area (Å²) in [7, 11) is 0. The lowest BCUT2D eigenvalue weighted by atomic mass is 10.1. The van der Waals surface area contributed by atoms with E-state index in [1.807, 2.05) is 48.5 Å². The Hall–Kier alpha value is -2.66. The standard InChI is InChI=1S/C18H13BrN2O2/c19-14-8-4-5-9-16(14)21-18(23)13-10-11-15(20-17(13)22)12-6-2-1-3-7-12/h1-11H,(H,20,22)(H,21,23). The van der Waals surface area contributed by atoms with Crippen LogP contribution in [0.25, 0.3) is 11.3 Å². The Morgan fingerprint density at radius 2 is 1.61 bits per heavy atom. The lowest BCUT2D eigenvalue weighted by molar-refractivity contribution is 0.102. The fourth-order valence-corrected chi connectivity index (χ4v) is 2.57. The first kappa shape index (κ1) is 15.2. The number of nitrogens with one attached hydrogen (secondary N) is 2. The maximum Gasteiger partial charge on any atom is 0.261 e. The molecule has 0 spiro atoms. The molecule has 0 saturated carbocycles. The summed E-state index contributed by atoms with van der Waals surface area (Å²) in [5.74, 6) is -0.447. The van der Waals surface area contributed by atoms with Crippen LogP contribution in [0, 0.1) is 0 Å². The zero-order valence-electron chi connectivity index (χ0n) is 12.0. The molecule has 4 nitrogen and oxygen atoms in total. The number of pyridine rings is 1. The van der Waals surface area contributed by atoms with Gasteiger partial charge in [-0.15, -0.1) is 0 Å². The highest BCUT2D eigenvalue weighted by atomic mass is 79.9. The van der Waals surface area contributed by atoms with Crippen molar-refractivity contribution in [3.8, 4) is 11.3 Å². The maximum atomic E-state index is 12.3. The van der Waals surface area contributed by atoms with E-state index < -0.39 is 11.5 Å². The highest BCUT2D eigenvalue weighted by Gasteiger charge is 2.12. The van der Waals surface area contributed by atoms with Crippen LogP contribution in [0.3, 0.4) is 0 Å². The summed E-state index contributed by atoms with van der Waals surface area (Å²) in [6, 6.07) is 20.0. The number of para-hydroxylation sites is 1.